The number of nitrogens with one attached hydrogen (secondary N) is 1. The van der Waals surface area contributed by atoms with Crippen LogP contribution in [0.2, 0.25) is 0 Å². The van der Waals surface area contributed by atoms with Gasteiger partial charge < -0.3 is 4.90 Å². The SMILES string of the molecule is CN(C(=O)c1cn[nH]n1)c1cccc(F)c1. The van der Waals surface area contributed by atoms with Crippen LogP contribution in [0.15, 0.2) is 30.5 Å². The van der Waals surface area contributed by atoms with E-state index in [-0.39, 0.29) is 11.6 Å². The second-order valence-electron chi connectivity index (χ2n) is 3.20. The van der Waals surface area contributed by atoms with Gasteiger partial charge in [0.1, 0.15) is 5.82 Å². The Balaban J connectivity index is 2.26. The highest BCUT2D eigenvalue weighted by molar-refractivity contribution is 6.04. The van der Waals surface area contributed by atoms with Crippen molar-refractivity contribution in [3.8, 4) is 0 Å². The second-order valence-corrected chi connectivity index (χ2v) is 3.20. The molecule has 0 unspecified atom stereocenters. The Labute approximate surface area is 90.9 Å². The lowest BCUT2D eigenvalue weighted by molar-refractivity contribution is 0.0988. The number of carbonyl (C=O) groups is 1. The molecule has 16 heavy (non-hydrogen) atoms. The normalized spacial score (nSPS) is 10.1. The molecule has 0 saturated carbocycles. The van der Waals surface area contributed by atoms with E-state index < -0.39 is 5.82 Å². The molecule has 82 valence electrons. The molecule has 0 fully saturated rings. The number of hydrogen-bond donors (Lipinski definition) is 1. The number of carbonyl (C=O) groups excluding carboxylic acids is 1. The monoisotopic (exact) mass is 220 g/mol. The summed E-state index contributed by atoms with van der Waals surface area (Å²) in [5.74, 6) is -0.739. The molecule has 0 radical (unpaired) electrons. The van der Waals surface area contributed by atoms with Crippen LogP contribution in [0.3, 0.4) is 0 Å². The van der Waals surface area contributed by atoms with Crippen molar-refractivity contribution in [2.75, 3.05) is 11.9 Å². The van der Waals surface area contributed by atoms with Crippen LogP contribution < -0.4 is 4.90 Å². The quantitative estimate of drug-likeness (QED) is 0.827. The van der Waals surface area contributed by atoms with Crippen molar-refractivity contribution in [2.24, 2.45) is 0 Å². The molecular formula is C10H9FN4O. The number of nitrogens with zero attached hydrogens (tertiary/aromatic N) is 3. The number of hydrogen-bond acceptors (Lipinski definition) is 3. The molecule has 2 rings (SSSR count). The zero-order chi connectivity index (χ0) is 11.5. The maximum absolute atomic E-state index is 13.0. The first-order valence-electron chi connectivity index (χ1n) is 4.58. The number of aromatic nitrogens is 3. The van der Waals surface area contributed by atoms with Gasteiger partial charge in [0, 0.05) is 12.7 Å². The maximum Gasteiger partial charge on any atom is 0.280 e. The average molecular weight is 220 g/mol. The van der Waals surface area contributed by atoms with Crippen molar-refractivity contribution >= 4 is 11.6 Å². The van der Waals surface area contributed by atoms with Gasteiger partial charge >= 0.3 is 0 Å². The summed E-state index contributed by atoms with van der Waals surface area (Å²) >= 11 is 0. The van der Waals surface area contributed by atoms with E-state index in [0.717, 1.165) is 0 Å². The first-order chi connectivity index (χ1) is 7.68. The van der Waals surface area contributed by atoms with Gasteiger partial charge in [-0.15, -0.1) is 0 Å². The minimum absolute atomic E-state index is 0.187. The fraction of sp³-hybridized carbons (Fsp3) is 0.100. The molecule has 0 atom stereocenters. The number of anilines is 1. The van der Waals surface area contributed by atoms with Gasteiger partial charge in [-0.25, -0.2) is 4.39 Å². The van der Waals surface area contributed by atoms with Gasteiger partial charge in [-0.2, -0.15) is 15.4 Å². The highest BCUT2D eigenvalue weighted by atomic mass is 19.1. The summed E-state index contributed by atoms with van der Waals surface area (Å²) in [6.45, 7) is 0. The molecule has 1 aromatic heterocycles. The Hall–Kier alpha value is -2.24. The van der Waals surface area contributed by atoms with E-state index >= 15 is 0 Å². The minimum atomic E-state index is -0.391. The number of aromatic amines is 1. The minimum Gasteiger partial charge on any atom is -0.310 e. The summed E-state index contributed by atoms with van der Waals surface area (Å²) in [6.07, 6.45) is 1.32. The Kier molecular flexibility index (Phi) is 2.63. The first kappa shape index (κ1) is 10.3. The third kappa shape index (κ3) is 1.90. The largest absolute Gasteiger partial charge is 0.310 e. The maximum atomic E-state index is 13.0. The molecule has 1 N–H and O–H groups in total. The molecule has 0 aliphatic carbocycles. The molecule has 6 heteroatoms. The van der Waals surface area contributed by atoms with E-state index in [2.05, 4.69) is 15.4 Å². The standard InChI is InChI=1S/C10H9FN4O/c1-15(8-4-2-3-7(11)5-8)10(16)9-6-12-14-13-9/h2-6H,1H3,(H,12,13,14). The Bertz CT molecular complexity index is 497. The number of rotatable bonds is 2. The molecule has 0 spiro atoms. The molecular weight excluding hydrogens is 211 g/mol. The lowest BCUT2D eigenvalue weighted by Gasteiger charge is -2.15. The van der Waals surface area contributed by atoms with Crippen LogP contribution in [0.4, 0.5) is 10.1 Å². The van der Waals surface area contributed by atoms with E-state index in [4.69, 9.17) is 0 Å². The summed E-state index contributed by atoms with van der Waals surface area (Å²) in [7, 11) is 1.55. The number of benzene rings is 1. The summed E-state index contributed by atoms with van der Waals surface area (Å²) in [5.41, 5.74) is 0.653. The van der Waals surface area contributed by atoms with Crippen LogP contribution >= 0.6 is 0 Å². The van der Waals surface area contributed by atoms with Crippen LogP contribution in [-0.4, -0.2) is 28.4 Å². The molecule has 1 aromatic carbocycles. The highest BCUT2D eigenvalue weighted by Gasteiger charge is 2.15. The Morgan fingerprint density at radius 2 is 2.31 bits per heavy atom. The molecule has 0 saturated heterocycles. The molecule has 1 amide bonds. The molecule has 0 bridgehead atoms. The second kappa shape index (κ2) is 4.09. The summed E-state index contributed by atoms with van der Waals surface area (Å²) in [5, 5.41) is 9.55. The predicted octanol–water partition coefficient (Wildman–Crippen LogP) is 1.22. The van der Waals surface area contributed by atoms with E-state index in [9.17, 15) is 9.18 Å². The number of halogens is 1. The van der Waals surface area contributed by atoms with Crippen molar-refractivity contribution in [1.29, 1.82) is 0 Å². The highest BCUT2D eigenvalue weighted by Crippen LogP contribution is 2.15. The van der Waals surface area contributed by atoms with Crippen molar-refractivity contribution in [2.45, 2.75) is 0 Å². The molecule has 0 aliphatic rings. The predicted molar refractivity (Wildman–Crippen MR) is 55.5 cm³/mol. The number of amides is 1. The topological polar surface area (TPSA) is 61.9 Å². The van der Waals surface area contributed by atoms with Gasteiger partial charge in [-0.3, -0.25) is 4.79 Å². The van der Waals surface area contributed by atoms with E-state index in [1.54, 1.807) is 13.1 Å². The zero-order valence-corrected chi connectivity index (χ0v) is 8.51. The van der Waals surface area contributed by atoms with Crippen LogP contribution in [-0.2, 0) is 0 Å². The third-order valence-electron chi connectivity index (χ3n) is 2.13. The fourth-order valence-electron chi connectivity index (χ4n) is 1.28. The van der Waals surface area contributed by atoms with Crippen molar-refractivity contribution < 1.29 is 9.18 Å². The van der Waals surface area contributed by atoms with Crippen molar-refractivity contribution in [1.82, 2.24) is 15.4 Å². The van der Waals surface area contributed by atoms with Crippen LogP contribution in [0.5, 0.6) is 0 Å². The van der Waals surface area contributed by atoms with E-state index in [1.807, 2.05) is 0 Å². The summed E-state index contributed by atoms with van der Waals surface area (Å²) in [4.78, 5) is 13.1. The lowest BCUT2D eigenvalue weighted by Crippen LogP contribution is -2.26. The fourth-order valence-corrected chi connectivity index (χ4v) is 1.28. The Morgan fingerprint density at radius 3 is 2.94 bits per heavy atom. The first-order valence-corrected chi connectivity index (χ1v) is 4.58. The van der Waals surface area contributed by atoms with Gasteiger partial charge in [0.2, 0.25) is 0 Å². The van der Waals surface area contributed by atoms with Crippen LogP contribution in [0, 0.1) is 5.82 Å². The van der Waals surface area contributed by atoms with Gasteiger partial charge in [0.25, 0.3) is 5.91 Å². The summed E-state index contributed by atoms with van der Waals surface area (Å²) < 4.78 is 13.0. The molecule has 0 aliphatic heterocycles. The smallest absolute Gasteiger partial charge is 0.280 e. The van der Waals surface area contributed by atoms with Crippen LogP contribution in [0.25, 0.3) is 0 Å². The average Bonchev–Trinajstić information content (AvgIpc) is 2.80. The summed E-state index contributed by atoms with van der Waals surface area (Å²) in [6, 6.07) is 5.77. The molecule has 2 aromatic rings. The zero-order valence-electron chi connectivity index (χ0n) is 8.51. The van der Waals surface area contributed by atoms with E-state index in [1.165, 1.54) is 29.3 Å². The molecule has 5 nitrogen and oxygen atoms in total. The Morgan fingerprint density at radius 1 is 1.50 bits per heavy atom. The molecule has 1 heterocycles. The van der Waals surface area contributed by atoms with Crippen LogP contribution in [0.1, 0.15) is 10.5 Å². The number of H-pyrrole nitrogens is 1. The van der Waals surface area contributed by atoms with Crippen molar-refractivity contribution in [3.63, 3.8) is 0 Å². The van der Waals surface area contributed by atoms with Crippen molar-refractivity contribution in [3.05, 3.63) is 42.0 Å². The third-order valence-corrected chi connectivity index (χ3v) is 2.13. The van der Waals surface area contributed by atoms with Gasteiger partial charge in [-0.05, 0) is 18.2 Å². The van der Waals surface area contributed by atoms with Gasteiger partial charge in [0.05, 0.1) is 6.20 Å². The van der Waals surface area contributed by atoms with Gasteiger partial charge in [0.15, 0.2) is 5.69 Å². The van der Waals surface area contributed by atoms with Gasteiger partial charge in [-0.1, -0.05) is 6.07 Å². The lowest BCUT2D eigenvalue weighted by atomic mass is 10.2. The van der Waals surface area contributed by atoms with E-state index in [0.29, 0.717) is 5.69 Å².